The molecule has 1 amide bonds. The molecule has 32 heavy (non-hydrogen) atoms. The van der Waals surface area contributed by atoms with Crippen LogP contribution >= 0.6 is 12.2 Å². The summed E-state index contributed by atoms with van der Waals surface area (Å²) in [4.78, 5) is 30.2. The Hall–Kier alpha value is -2.23. The van der Waals surface area contributed by atoms with Gasteiger partial charge in [0, 0.05) is 57.9 Å². The van der Waals surface area contributed by atoms with Crippen LogP contribution in [0.15, 0.2) is 24.3 Å². The molecule has 2 heterocycles. The topological polar surface area (TPSA) is 74.4 Å². The molecule has 0 saturated carbocycles. The Morgan fingerprint density at radius 3 is 2.41 bits per heavy atom. The summed E-state index contributed by atoms with van der Waals surface area (Å²) in [5, 5.41) is 4.01. The lowest BCUT2D eigenvalue weighted by molar-refractivity contribution is -0.130. The van der Waals surface area contributed by atoms with Gasteiger partial charge in [-0.3, -0.25) is 9.69 Å². The van der Waals surface area contributed by atoms with E-state index in [-0.39, 0.29) is 17.9 Å². The van der Waals surface area contributed by atoms with Gasteiger partial charge in [0.2, 0.25) is 5.91 Å². The van der Waals surface area contributed by atoms with Gasteiger partial charge in [0.05, 0.1) is 25.4 Å². The highest BCUT2D eigenvalue weighted by Gasteiger charge is 2.28. The van der Waals surface area contributed by atoms with Crippen LogP contribution in [0, 0.1) is 0 Å². The molecule has 0 aromatic heterocycles. The van der Waals surface area contributed by atoms with E-state index in [1.807, 2.05) is 17.0 Å². The van der Waals surface area contributed by atoms with Crippen LogP contribution in [0.25, 0.3) is 0 Å². The van der Waals surface area contributed by atoms with E-state index in [0.29, 0.717) is 17.3 Å². The highest BCUT2D eigenvalue weighted by molar-refractivity contribution is 7.80. The number of carbonyl (C=O) groups excluding carboxylic acids is 2. The van der Waals surface area contributed by atoms with Crippen molar-refractivity contribution < 1.29 is 19.1 Å². The predicted octanol–water partition coefficient (Wildman–Crippen LogP) is 2.21. The van der Waals surface area contributed by atoms with Crippen LogP contribution in [-0.4, -0.2) is 96.8 Å². The molecule has 0 bridgehead atoms. The van der Waals surface area contributed by atoms with E-state index in [2.05, 4.69) is 15.1 Å². The highest BCUT2D eigenvalue weighted by Crippen LogP contribution is 2.19. The van der Waals surface area contributed by atoms with Crippen molar-refractivity contribution in [3.63, 3.8) is 0 Å². The molecule has 1 N–H and O–H groups in total. The molecule has 0 spiro atoms. The predicted molar refractivity (Wildman–Crippen MR) is 128 cm³/mol. The zero-order valence-electron chi connectivity index (χ0n) is 19.0. The first-order chi connectivity index (χ1) is 15.5. The SMILES string of the molecule is CCOC(=O)c1ccc(NC(=S)N(CCN2CCOCC2)C2CCN(C(C)=O)CC2)cc1. The number of nitrogens with zero attached hydrogens (tertiary/aromatic N) is 3. The molecule has 9 heteroatoms. The molecule has 2 aliphatic heterocycles. The maximum Gasteiger partial charge on any atom is 0.338 e. The van der Waals surface area contributed by atoms with Crippen molar-refractivity contribution in [1.29, 1.82) is 0 Å². The van der Waals surface area contributed by atoms with Gasteiger partial charge >= 0.3 is 5.97 Å². The van der Waals surface area contributed by atoms with Gasteiger partial charge in [0.15, 0.2) is 5.11 Å². The first-order valence-electron chi connectivity index (χ1n) is 11.4. The molecule has 0 atom stereocenters. The minimum Gasteiger partial charge on any atom is -0.462 e. The summed E-state index contributed by atoms with van der Waals surface area (Å²) in [5.74, 6) is -0.197. The van der Waals surface area contributed by atoms with E-state index in [4.69, 9.17) is 21.7 Å². The first kappa shape index (κ1) is 24.4. The molecule has 1 aromatic rings. The summed E-state index contributed by atoms with van der Waals surface area (Å²) in [5.41, 5.74) is 1.35. The quantitative estimate of drug-likeness (QED) is 0.488. The van der Waals surface area contributed by atoms with Crippen LogP contribution in [0.4, 0.5) is 5.69 Å². The third-order valence-corrected chi connectivity index (χ3v) is 6.36. The van der Waals surface area contributed by atoms with Gasteiger partial charge in [0.25, 0.3) is 0 Å². The Bertz CT molecular complexity index is 775. The first-order valence-corrected chi connectivity index (χ1v) is 11.8. The molecule has 176 valence electrons. The molecule has 8 nitrogen and oxygen atoms in total. The maximum absolute atomic E-state index is 11.9. The summed E-state index contributed by atoms with van der Waals surface area (Å²) in [6, 6.07) is 7.46. The third-order valence-electron chi connectivity index (χ3n) is 6.02. The number of thiocarbonyl (C=S) groups is 1. The van der Waals surface area contributed by atoms with Gasteiger partial charge in [-0.15, -0.1) is 0 Å². The number of benzene rings is 1. The molecular weight excluding hydrogens is 428 g/mol. The number of hydrogen-bond acceptors (Lipinski definition) is 6. The minimum absolute atomic E-state index is 0.130. The van der Waals surface area contributed by atoms with Crippen molar-refractivity contribution in [1.82, 2.24) is 14.7 Å². The van der Waals surface area contributed by atoms with Crippen molar-refractivity contribution in [3.8, 4) is 0 Å². The second-order valence-corrected chi connectivity index (χ2v) is 8.50. The number of anilines is 1. The number of hydrogen-bond donors (Lipinski definition) is 1. The van der Waals surface area contributed by atoms with Crippen LogP contribution in [0.3, 0.4) is 0 Å². The van der Waals surface area contributed by atoms with E-state index in [1.165, 1.54) is 0 Å². The molecule has 3 rings (SSSR count). The fraction of sp³-hybridized carbons (Fsp3) is 0.609. The fourth-order valence-corrected chi connectivity index (χ4v) is 4.47. The number of morpholine rings is 1. The third kappa shape index (κ3) is 6.88. The van der Waals surface area contributed by atoms with Crippen molar-refractivity contribution >= 4 is 34.9 Å². The maximum atomic E-state index is 11.9. The Morgan fingerprint density at radius 1 is 1.16 bits per heavy atom. The normalized spacial score (nSPS) is 17.6. The summed E-state index contributed by atoms with van der Waals surface area (Å²) >= 11 is 5.81. The Kier molecular flexibility index (Phi) is 9.25. The van der Waals surface area contributed by atoms with E-state index < -0.39 is 0 Å². The van der Waals surface area contributed by atoms with Crippen LogP contribution < -0.4 is 5.32 Å². The number of nitrogens with one attached hydrogen (secondary N) is 1. The van der Waals surface area contributed by atoms with Crippen molar-refractivity contribution in [2.75, 3.05) is 64.4 Å². The van der Waals surface area contributed by atoms with Crippen LogP contribution in [0.2, 0.25) is 0 Å². The number of esters is 1. The summed E-state index contributed by atoms with van der Waals surface area (Å²) in [7, 11) is 0. The molecule has 0 unspecified atom stereocenters. The number of piperidine rings is 1. The minimum atomic E-state index is -0.328. The second kappa shape index (κ2) is 12.1. The van der Waals surface area contributed by atoms with Gasteiger partial charge in [-0.1, -0.05) is 0 Å². The average molecular weight is 463 g/mol. The Morgan fingerprint density at radius 2 is 1.81 bits per heavy atom. The lowest BCUT2D eigenvalue weighted by Gasteiger charge is -2.40. The molecule has 0 radical (unpaired) electrons. The van der Waals surface area contributed by atoms with Gasteiger partial charge in [-0.2, -0.15) is 0 Å². The van der Waals surface area contributed by atoms with Crippen LogP contribution in [-0.2, 0) is 14.3 Å². The van der Waals surface area contributed by atoms with E-state index in [0.717, 1.165) is 71.0 Å². The molecule has 2 saturated heterocycles. The summed E-state index contributed by atoms with van der Waals surface area (Å²) < 4.78 is 10.5. The number of amides is 1. The van der Waals surface area contributed by atoms with E-state index >= 15 is 0 Å². The van der Waals surface area contributed by atoms with Crippen LogP contribution in [0.5, 0.6) is 0 Å². The molecule has 2 fully saturated rings. The van der Waals surface area contributed by atoms with Crippen molar-refractivity contribution in [2.24, 2.45) is 0 Å². The van der Waals surface area contributed by atoms with Gasteiger partial charge < -0.3 is 24.6 Å². The number of carbonyl (C=O) groups is 2. The zero-order chi connectivity index (χ0) is 22.9. The van der Waals surface area contributed by atoms with Gasteiger partial charge in [0.1, 0.15) is 0 Å². The second-order valence-electron chi connectivity index (χ2n) is 8.11. The monoisotopic (exact) mass is 462 g/mol. The number of likely N-dealkylation sites (tertiary alicyclic amines) is 1. The number of ether oxygens (including phenoxy) is 2. The van der Waals surface area contributed by atoms with Gasteiger partial charge in [-0.25, -0.2) is 4.79 Å². The van der Waals surface area contributed by atoms with Gasteiger partial charge in [-0.05, 0) is 56.2 Å². The largest absolute Gasteiger partial charge is 0.462 e. The standard InChI is InChI=1S/C23H34N4O4S/c1-3-31-22(29)19-4-6-20(7-5-19)24-23(32)27(13-12-25-14-16-30-17-15-25)21-8-10-26(11-9-21)18(2)28/h4-7,21H,3,8-17H2,1-2H3,(H,24,32). The van der Waals surface area contributed by atoms with Crippen LogP contribution in [0.1, 0.15) is 37.0 Å². The smallest absolute Gasteiger partial charge is 0.338 e. The Labute approximate surface area is 195 Å². The molecule has 1 aromatic carbocycles. The summed E-state index contributed by atoms with van der Waals surface area (Å²) in [6.07, 6.45) is 1.79. The lowest BCUT2D eigenvalue weighted by Crippen LogP contribution is -2.52. The Balaban J connectivity index is 1.63. The number of rotatable bonds is 7. The van der Waals surface area contributed by atoms with Crippen molar-refractivity contribution in [3.05, 3.63) is 29.8 Å². The van der Waals surface area contributed by atoms with Crippen molar-refractivity contribution in [2.45, 2.75) is 32.7 Å². The molecule has 2 aliphatic rings. The van der Waals surface area contributed by atoms with E-state index in [9.17, 15) is 9.59 Å². The highest BCUT2D eigenvalue weighted by atomic mass is 32.1. The average Bonchev–Trinajstić information content (AvgIpc) is 2.81. The van der Waals surface area contributed by atoms with E-state index in [1.54, 1.807) is 26.0 Å². The lowest BCUT2D eigenvalue weighted by atomic mass is 10.0. The molecule has 0 aliphatic carbocycles. The fourth-order valence-electron chi connectivity index (χ4n) is 4.12. The summed E-state index contributed by atoms with van der Waals surface area (Å²) in [6.45, 7) is 10.4. The zero-order valence-corrected chi connectivity index (χ0v) is 19.9. The molecular formula is C23H34N4O4S.